The molecule has 0 aliphatic heterocycles. The molecule has 9 nitrogen and oxygen atoms in total. The third kappa shape index (κ3) is 7.39. The normalized spacial score (nSPS) is 11.7. The Kier molecular flexibility index (Phi) is 8.41. The van der Waals surface area contributed by atoms with Crippen LogP contribution in [0.1, 0.15) is 50.9 Å². The molecule has 0 radical (unpaired) electrons. The van der Waals surface area contributed by atoms with Crippen molar-refractivity contribution >= 4 is 21.6 Å². The van der Waals surface area contributed by atoms with Crippen molar-refractivity contribution in [3.05, 3.63) is 65.8 Å². The number of ether oxygens (including phenoxy) is 1. The lowest BCUT2D eigenvalue weighted by molar-refractivity contribution is -0.118. The first-order valence-electron chi connectivity index (χ1n) is 11.1. The van der Waals surface area contributed by atoms with E-state index in [1.807, 2.05) is 39.8 Å². The van der Waals surface area contributed by atoms with Gasteiger partial charge in [-0.05, 0) is 47.9 Å². The number of rotatable bonds is 11. The maximum Gasteiger partial charge on any atom is 0.262 e. The summed E-state index contributed by atoms with van der Waals surface area (Å²) in [6, 6.07) is 13.3. The standard InChI is InChI=1S/C24H30N4O5S/c1-16(2)14-25-34(30,31)21-11-9-20(10-12-21)32-15-23(29)26-19-7-5-18(6-8-19)13-22-27-24(17(3)4)33-28-22/h5-12,16-17,25H,13-15H2,1-4H3,(H,26,29). The lowest BCUT2D eigenvalue weighted by Gasteiger charge is -2.10. The first-order valence-corrected chi connectivity index (χ1v) is 12.5. The highest BCUT2D eigenvalue weighted by Gasteiger charge is 2.14. The van der Waals surface area contributed by atoms with Crippen molar-refractivity contribution in [1.29, 1.82) is 0 Å². The van der Waals surface area contributed by atoms with E-state index in [9.17, 15) is 13.2 Å². The molecule has 3 rings (SSSR count). The molecule has 0 unspecified atom stereocenters. The van der Waals surface area contributed by atoms with Gasteiger partial charge < -0.3 is 14.6 Å². The molecule has 34 heavy (non-hydrogen) atoms. The zero-order valence-electron chi connectivity index (χ0n) is 19.7. The molecule has 0 spiro atoms. The van der Waals surface area contributed by atoms with Gasteiger partial charge in [-0.25, -0.2) is 13.1 Å². The molecule has 1 amide bonds. The van der Waals surface area contributed by atoms with Gasteiger partial charge in [-0.2, -0.15) is 4.98 Å². The molecule has 1 heterocycles. The van der Waals surface area contributed by atoms with E-state index in [4.69, 9.17) is 9.26 Å². The Balaban J connectivity index is 1.48. The van der Waals surface area contributed by atoms with Crippen molar-refractivity contribution in [3.8, 4) is 5.75 Å². The quantitative estimate of drug-likeness (QED) is 0.423. The van der Waals surface area contributed by atoms with Crippen molar-refractivity contribution in [3.63, 3.8) is 0 Å². The van der Waals surface area contributed by atoms with Crippen LogP contribution in [0.25, 0.3) is 0 Å². The summed E-state index contributed by atoms with van der Waals surface area (Å²) in [6.45, 7) is 7.99. The van der Waals surface area contributed by atoms with Crippen LogP contribution in [0.2, 0.25) is 0 Å². The van der Waals surface area contributed by atoms with Gasteiger partial charge in [-0.15, -0.1) is 0 Å². The summed E-state index contributed by atoms with van der Waals surface area (Å²) in [4.78, 5) is 16.7. The Bertz CT molecular complexity index is 1190. The van der Waals surface area contributed by atoms with E-state index in [0.717, 1.165) is 5.56 Å². The minimum Gasteiger partial charge on any atom is -0.484 e. The second-order valence-electron chi connectivity index (χ2n) is 8.63. The maximum atomic E-state index is 12.2. The van der Waals surface area contributed by atoms with E-state index < -0.39 is 10.0 Å². The minimum absolute atomic E-state index is 0.145. The summed E-state index contributed by atoms with van der Waals surface area (Å²) in [6.07, 6.45) is 0.534. The molecular weight excluding hydrogens is 456 g/mol. The second kappa shape index (κ2) is 11.3. The van der Waals surface area contributed by atoms with Crippen molar-refractivity contribution < 1.29 is 22.5 Å². The van der Waals surface area contributed by atoms with Crippen molar-refractivity contribution in [2.75, 3.05) is 18.5 Å². The van der Waals surface area contributed by atoms with Gasteiger partial charge in [0.1, 0.15) is 5.75 Å². The summed E-state index contributed by atoms with van der Waals surface area (Å²) < 4.78 is 37.7. The number of nitrogens with one attached hydrogen (secondary N) is 2. The van der Waals surface area contributed by atoms with Crippen LogP contribution in [-0.4, -0.2) is 37.6 Å². The first-order chi connectivity index (χ1) is 16.1. The van der Waals surface area contributed by atoms with Crippen LogP contribution in [0.5, 0.6) is 5.75 Å². The zero-order chi connectivity index (χ0) is 24.7. The largest absolute Gasteiger partial charge is 0.484 e. The van der Waals surface area contributed by atoms with Crippen LogP contribution in [0, 0.1) is 5.92 Å². The number of nitrogens with zero attached hydrogens (tertiary/aromatic N) is 2. The molecule has 0 aliphatic carbocycles. The highest BCUT2D eigenvalue weighted by Crippen LogP contribution is 2.17. The molecule has 0 aliphatic rings. The highest BCUT2D eigenvalue weighted by atomic mass is 32.2. The Morgan fingerprint density at radius 1 is 1.03 bits per heavy atom. The predicted molar refractivity (Wildman–Crippen MR) is 128 cm³/mol. The average Bonchev–Trinajstić information content (AvgIpc) is 3.27. The van der Waals surface area contributed by atoms with Gasteiger partial charge in [0.2, 0.25) is 15.9 Å². The van der Waals surface area contributed by atoms with Crippen molar-refractivity contribution in [2.24, 2.45) is 5.92 Å². The predicted octanol–water partition coefficient (Wildman–Crippen LogP) is 3.74. The molecule has 0 saturated carbocycles. The number of aromatic nitrogens is 2. The summed E-state index contributed by atoms with van der Waals surface area (Å²) in [5, 5.41) is 6.75. The van der Waals surface area contributed by atoms with Gasteiger partial charge in [0.25, 0.3) is 5.91 Å². The van der Waals surface area contributed by atoms with E-state index in [-0.39, 0.29) is 29.2 Å². The number of amides is 1. The van der Waals surface area contributed by atoms with E-state index >= 15 is 0 Å². The fraction of sp³-hybridized carbons (Fsp3) is 0.375. The number of hydrogen-bond acceptors (Lipinski definition) is 7. The van der Waals surface area contributed by atoms with E-state index in [0.29, 0.717) is 36.1 Å². The second-order valence-corrected chi connectivity index (χ2v) is 10.4. The molecule has 10 heteroatoms. The van der Waals surface area contributed by atoms with Crippen LogP contribution >= 0.6 is 0 Å². The Morgan fingerprint density at radius 2 is 1.71 bits per heavy atom. The fourth-order valence-electron chi connectivity index (χ4n) is 2.88. The van der Waals surface area contributed by atoms with Crippen LogP contribution in [0.4, 0.5) is 5.69 Å². The average molecular weight is 487 g/mol. The van der Waals surface area contributed by atoms with Crippen molar-refractivity contribution in [2.45, 2.75) is 44.9 Å². The molecule has 2 aromatic carbocycles. The monoisotopic (exact) mass is 486 g/mol. The molecule has 182 valence electrons. The van der Waals surface area contributed by atoms with Gasteiger partial charge in [-0.3, -0.25) is 4.79 Å². The van der Waals surface area contributed by atoms with Crippen LogP contribution in [0.15, 0.2) is 57.9 Å². The summed E-state index contributed by atoms with van der Waals surface area (Å²) in [7, 11) is -3.57. The number of hydrogen-bond donors (Lipinski definition) is 2. The van der Waals surface area contributed by atoms with Gasteiger partial charge in [0, 0.05) is 24.6 Å². The maximum absolute atomic E-state index is 12.2. The molecular formula is C24H30N4O5S. The van der Waals surface area contributed by atoms with E-state index in [1.165, 1.54) is 24.3 Å². The van der Waals surface area contributed by atoms with E-state index in [1.54, 1.807) is 12.1 Å². The zero-order valence-corrected chi connectivity index (χ0v) is 20.6. The molecule has 0 fully saturated rings. The number of carbonyl (C=O) groups is 1. The smallest absolute Gasteiger partial charge is 0.262 e. The number of carbonyl (C=O) groups excluding carboxylic acids is 1. The molecule has 0 bridgehead atoms. The van der Waals surface area contributed by atoms with Gasteiger partial charge in [0.05, 0.1) is 4.90 Å². The lowest BCUT2D eigenvalue weighted by atomic mass is 10.1. The Morgan fingerprint density at radius 3 is 2.29 bits per heavy atom. The number of benzene rings is 2. The molecule has 0 saturated heterocycles. The van der Waals surface area contributed by atoms with E-state index in [2.05, 4.69) is 20.2 Å². The summed E-state index contributed by atoms with van der Waals surface area (Å²) >= 11 is 0. The minimum atomic E-state index is -3.57. The molecule has 1 aromatic heterocycles. The summed E-state index contributed by atoms with van der Waals surface area (Å²) in [5.41, 5.74) is 1.62. The van der Waals surface area contributed by atoms with Crippen LogP contribution in [0.3, 0.4) is 0 Å². The third-order valence-electron chi connectivity index (χ3n) is 4.76. The number of sulfonamides is 1. The molecule has 3 aromatic rings. The number of anilines is 1. The lowest BCUT2D eigenvalue weighted by Crippen LogP contribution is -2.27. The van der Waals surface area contributed by atoms with Gasteiger partial charge in [-0.1, -0.05) is 45.0 Å². The molecule has 0 atom stereocenters. The summed E-state index contributed by atoms with van der Waals surface area (Å²) in [5.74, 6) is 1.67. The fourth-order valence-corrected chi connectivity index (χ4v) is 4.10. The topological polar surface area (TPSA) is 123 Å². The molecule has 2 N–H and O–H groups in total. The van der Waals surface area contributed by atoms with Crippen LogP contribution in [-0.2, 0) is 21.2 Å². The Hall–Kier alpha value is -3.24. The van der Waals surface area contributed by atoms with Gasteiger partial charge >= 0.3 is 0 Å². The van der Waals surface area contributed by atoms with Crippen LogP contribution < -0.4 is 14.8 Å². The highest BCUT2D eigenvalue weighted by molar-refractivity contribution is 7.89. The first kappa shape index (κ1) is 25.4. The third-order valence-corrected chi connectivity index (χ3v) is 6.20. The van der Waals surface area contributed by atoms with Gasteiger partial charge in [0.15, 0.2) is 12.4 Å². The van der Waals surface area contributed by atoms with Crippen molar-refractivity contribution in [1.82, 2.24) is 14.9 Å². The SMILES string of the molecule is CC(C)CNS(=O)(=O)c1ccc(OCC(=O)Nc2ccc(Cc3noc(C(C)C)n3)cc2)cc1. The Labute approximate surface area is 200 Å².